The Morgan fingerprint density at radius 3 is 1.86 bits per heavy atom. The highest BCUT2D eigenvalue weighted by molar-refractivity contribution is 6.09. The summed E-state index contributed by atoms with van der Waals surface area (Å²) in [7, 11) is 0. The van der Waals surface area contributed by atoms with Crippen molar-refractivity contribution in [2.24, 2.45) is 11.8 Å². The lowest BCUT2D eigenvalue weighted by molar-refractivity contribution is 0.389. The number of nitrogens with zero attached hydrogens (tertiary/aromatic N) is 4. The SMILES string of the molecule is [2H]c1c([2H])c([2H])c(-c2cnc(-n3c4ccccc4c4ccc(Oc5cc(N6CN(c7c(-c8c([2H])c([2H])c([2H])c([2H])c8[2H])cccc7-c7c([2H])c([2H])c([2H])c([2H])c7[2H])C7C8CC[C@H](C8)[C@@H]76)cc(C(C)(C)C)c5)cc43)cc2C)c([2H])c1[2H]. The molecule has 1 saturated heterocycles. The predicted octanol–water partition coefficient (Wildman–Crippen LogP) is 15.0. The van der Waals surface area contributed by atoms with Crippen LogP contribution in [0.4, 0.5) is 11.4 Å². The topological polar surface area (TPSA) is 33.5 Å². The molecule has 0 spiro atoms. The second-order valence-electron chi connectivity index (χ2n) is 18.6. The van der Waals surface area contributed by atoms with E-state index < -0.39 is 78.6 Å². The van der Waals surface area contributed by atoms with Gasteiger partial charge in [0.05, 0.1) is 56.0 Å². The average molecular weight is 862 g/mol. The monoisotopic (exact) mass is 862 g/mol. The van der Waals surface area contributed by atoms with Crippen molar-refractivity contribution in [3.63, 3.8) is 0 Å². The third kappa shape index (κ3) is 6.79. The lowest BCUT2D eigenvalue weighted by Crippen LogP contribution is -2.42. The molecule has 5 nitrogen and oxygen atoms in total. The number of hydrogen-bond donors (Lipinski definition) is 0. The van der Waals surface area contributed by atoms with Gasteiger partial charge in [-0.2, -0.15) is 0 Å². The highest BCUT2D eigenvalue weighted by Gasteiger charge is 2.57. The van der Waals surface area contributed by atoms with Gasteiger partial charge in [0.1, 0.15) is 17.3 Å². The van der Waals surface area contributed by atoms with Gasteiger partial charge in [-0.15, -0.1) is 0 Å². The first-order valence-corrected chi connectivity index (χ1v) is 22.2. The van der Waals surface area contributed by atoms with Crippen molar-refractivity contribution < 1.29 is 25.3 Å². The number of para-hydroxylation sites is 2. The molecule has 65 heavy (non-hydrogen) atoms. The number of aryl methyl sites for hydroxylation is 1. The zero-order chi connectivity index (χ0) is 56.9. The molecule has 2 aliphatic carbocycles. The van der Waals surface area contributed by atoms with E-state index in [1.54, 1.807) is 24.4 Å². The molecular weight excluding hydrogens is 793 g/mol. The van der Waals surface area contributed by atoms with Gasteiger partial charge in [0.15, 0.2) is 0 Å². The number of fused-ring (bicyclic) bond motifs is 8. The molecule has 2 aromatic heterocycles. The van der Waals surface area contributed by atoms with Crippen molar-refractivity contribution >= 4 is 33.2 Å². The number of aromatic nitrogens is 2. The fourth-order valence-electron chi connectivity index (χ4n) is 10.9. The zero-order valence-electron chi connectivity index (χ0n) is 51.5. The first-order chi connectivity index (χ1) is 38.0. The third-order valence-corrected chi connectivity index (χ3v) is 13.8. The minimum Gasteiger partial charge on any atom is -0.457 e. The van der Waals surface area contributed by atoms with Gasteiger partial charge in [0.2, 0.25) is 0 Å². The minimum atomic E-state index is -0.540. The van der Waals surface area contributed by atoms with Crippen LogP contribution in [0.25, 0.3) is 61.0 Å². The van der Waals surface area contributed by atoms with Crippen LogP contribution >= 0.6 is 0 Å². The van der Waals surface area contributed by atoms with Gasteiger partial charge in [-0.25, -0.2) is 4.98 Å². The second-order valence-corrected chi connectivity index (χ2v) is 18.6. The van der Waals surface area contributed by atoms with Crippen molar-refractivity contribution in [3.05, 3.63) is 193 Å². The van der Waals surface area contributed by atoms with E-state index in [1.807, 2.05) is 72.2 Å². The summed E-state index contributed by atoms with van der Waals surface area (Å²) < 4.78 is 140. The van der Waals surface area contributed by atoms with Gasteiger partial charge in [0, 0.05) is 51.5 Å². The Morgan fingerprint density at radius 2 is 1.22 bits per heavy atom. The maximum absolute atomic E-state index is 9.20. The molecule has 0 radical (unpaired) electrons. The molecule has 9 aromatic rings. The third-order valence-electron chi connectivity index (χ3n) is 13.8. The molecule has 0 N–H and O–H groups in total. The Morgan fingerprint density at radius 1 is 0.600 bits per heavy atom. The molecule has 7 aromatic carbocycles. The maximum atomic E-state index is 9.20. The highest BCUT2D eigenvalue weighted by Crippen LogP contribution is 2.56. The normalized spacial score (nSPS) is 22.3. The average Bonchev–Trinajstić information content (AvgIpc) is 3.03. The summed E-state index contributed by atoms with van der Waals surface area (Å²) in [5.41, 5.74) is 5.29. The lowest BCUT2D eigenvalue weighted by atomic mass is 9.86. The summed E-state index contributed by atoms with van der Waals surface area (Å²) in [6.45, 7) is 8.50. The molecular formula is C60H54N4O. The van der Waals surface area contributed by atoms with Crippen LogP contribution in [-0.4, -0.2) is 28.3 Å². The van der Waals surface area contributed by atoms with E-state index >= 15 is 0 Å². The smallest absolute Gasteiger partial charge is 0.137 e. The van der Waals surface area contributed by atoms with Crippen LogP contribution in [0.1, 0.15) is 71.7 Å². The van der Waals surface area contributed by atoms with Crippen LogP contribution in [-0.2, 0) is 5.41 Å². The van der Waals surface area contributed by atoms with Gasteiger partial charge < -0.3 is 14.5 Å². The van der Waals surface area contributed by atoms with E-state index in [-0.39, 0.29) is 64.8 Å². The highest BCUT2D eigenvalue weighted by atomic mass is 16.5. The molecule has 1 aliphatic heterocycles. The Balaban J connectivity index is 0.991. The van der Waals surface area contributed by atoms with Crippen LogP contribution < -0.4 is 14.5 Å². The van der Waals surface area contributed by atoms with Crippen LogP contribution in [0.3, 0.4) is 0 Å². The molecule has 4 atom stereocenters. The van der Waals surface area contributed by atoms with Gasteiger partial charge >= 0.3 is 0 Å². The number of anilines is 2. The number of rotatable bonds is 8. The first-order valence-electron chi connectivity index (χ1n) is 29.7. The number of ether oxygens (including phenoxy) is 1. The van der Waals surface area contributed by atoms with E-state index in [1.165, 1.54) is 0 Å². The van der Waals surface area contributed by atoms with Crippen LogP contribution in [0, 0.1) is 18.8 Å². The molecule has 3 aliphatic rings. The predicted molar refractivity (Wildman–Crippen MR) is 270 cm³/mol. The van der Waals surface area contributed by atoms with Gasteiger partial charge in [0.25, 0.3) is 0 Å². The standard InChI is InChI=1S/C60H54N4O/c1-39-31-56(61-37-53(39)42-21-12-7-13-22-42)64-54-26-15-14-23-51(54)52-30-29-47(36-55(52)64)65-48-34-45(60(2,3)4)33-46(35-48)62-38-63(58-44-28-27-43(32-44)57(58)62)59-49(40-17-8-5-9-18-40)24-16-25-50(59)41-19-10-6-11-20-41/h5-26,29-31,33-37,43-44,57-58H,27-28,32,38H2,1-4H3/t43-,44?,57+,58?/m1/s1/i5D,6D,7D,8D,9D,10D,11D,12D,13D,17D,18D,19D,20D,21D,22D. The fourth-order valence-corrected chi connectivity index (χ4v) is 10.9. The van der Waals surface area contributed by atoms with Crippen LogP contribution in [0.2, 0.25) is 0 Å². The summed E-state index contributed by atoms with van der Waals surface area (Å²) >= 11 is 0. The van der Waals surface area contributed by atoms with Crippen molar-refractivity contribution in [1.82, 2.24) is 9.55 Å². The zero-order valence-corrected chi connectivity index (χ0v) is 36.5. The van der Waals surface area contributed by atoms with E-state index in [2.05, 4.69) is 36.6 Å². The largest absolute Gasteiger partial charge is 0.457 e. The summed E-state index contributed by atoms with van der Waals surface area (Å²) in [4.78, 5) is 9.44. The van der Waals surface area contributed by atoms with E-state index in [4.69, 9.17) is 24.8 Å². The summed E-state index contributed by atoms with van der Waals surface area (Å²) in [5, 5.41) is 1.92. The Labute approximate surface area is 403 Å². The number of benzene rings is 7. The molecule has 2 bridgehead atoms. The summed E-state index contributed by atoms with van der Waals surface area (Å²) in [5.74, 6) is 2.13. The number of pyridine rings is 1. The molecule has 5 heteroatoms. The van der Waals surface area contributed by atoms with E-state index in [0.29, 0.717) is 45.3 Å². The molecule has 12 rings (SSSR count). The molecule has 3 fully saturated rings. The Bertz CT molecular complexity index is 3960. The quantitative estimate of drug-likeness (QED) is 0.152. The first kappa shape index (κ1) is 26.6. The number of hydrogen-bond acceptors (Lipinski definition) is 4. The molecule has 320 valence electrons. The van der Waals surface area contributed by atoms with Crippen molar-refractivity contribution in [3.8, 4) is 50.7 Å². The fraction of sp³-hybridized carbons (Fsp3) is 0.217. The maximum Gasteiger partial charge on any atom is 0.137 e. The molecule has 0 amide bonds. The van der Waals surface area contributed by atoms with Crippen molar-refractivity contribution in [1.29, 1.82) is 0 Å². The second kappa shape index (κ2) is 15.6. The van der Waals surface area contributed by atoms with Gasteiger partial charge in [-0.05, 0) is 108 Å². The Hall–Kier alpha value is -7.11. The summed E-state index contributed by atoms with van der Waals surface area (Å²) in [6.07, 6.45) is 4.40. The summed E-state index contributed by atoms with van der Waals surface area (Å²) in [6, 6.07) is 20.1. The lowest BCUT2D eigenvalue weighted by Gasteiger charge is -2.35. The van der Waals surface area contributed by atoms with Gasteiger partial charge in [-0.1, -0.05) is 148 Å². The van der Waals surface area contributed by atoms with Crippen LogP contribution in [0.15, 0.2) is 182 Å². The van der Waals surface area contributed by atoms with E-state index in [9.17, 15) is 5.48 Å². The molecule has 2 unspecified atom stereocenters. The van der Waals surface area contributed by atoms with Crippen LogP contribution in [0.5, 0.6) is 11.5 Å². The Kier molecular flexibility index (Phi) is 6.37. The van der Waals surface area contributed by atoms with Gasteiger partial charge in [-0.3, -0.25) is 4.57 Å². The van der Waals surface area contributed by atoms with Crippen molar-refractivity contribution in [2.75, 3.05) is 16.5 Å². The van der Waals surface area contributed by atoms with E-state index in [0.717, 1.165) is 52.3 Å². The molecule has 2 saturated carbocycles. The minimum absolute atomic E-state index is 0.0453. The van der Waals surface area contributed by atoms with Crippen molar-refractivity contribution in [2.45, 2.75) is 64.5 Å². The molecule has 3 heterocycles.